The molecule has 0 aromatic carbocycles. The number of hydrogen-bond acceptors (Lipinski definition) is 7. The molecule has 224 valence electrons. The number of ketones is 1. The van der Waals surface area contributed by atoms with Crippen LogP contribution in [-0.4, -0.2) is 53.4 Å². The number of aliphatic hydroxyl groups is 1. The van der Waals surface area contributed by atoms with E-state index in [0.29, 0.717) is 35.7 Å². The van der Waals surface area contributed by atoms with Gasteiger partial charge in [0, 0.05) is 28.6 Å². The first-order valence-electron chi connectivity index (χ1n) is 15.2. The first kappa shape index (κ1) is 27.5. The average Bonchev–Trinajstić information content (AvgIpc) is 3.54. The van der Waals surface area contributed by atoms with Crippen molar-refractivity contribution in [2.75, 3.05) is 6.86 Å². The number of halogens is 2. The Morgan fingerprint density at radius 1 is 1.10 bits per heavy atom. The Bertz CT molecular complexity index is 1280. The molecule has 0 radical (unpaired) electrons. The first-order chi connectivity index (χ1) is 19.3. The van der Waals surface area contributed by atoms with E-state index in [1.54, 1.807) is 26.8 Å². The summed E-state index contributed by atoms with van der Waals surface area (Å²) in [6.45, 7) is 5.76. The highest BCUT2D eigenvalue weighted by molar-refractivity contribution is 6.01. The predicted octanol–water partition coefficient (Wildman–Crippen LogP) is 5.40. The molecular formula is C32H40F2O7. The molecule has 9 heteroatoms. The third kappa shape index (κ3) is 3.14. The molecule has 41 heavy (non-hydrogen) atoms. The Morgan fingerprint density at radius 3 is 2.51 bits per heavy atom. The summed E-state index contributed by atoms with van der Waals surface area (Å²) in [5.41, 5.74) is -5.59. The zero-order valence-electron chi connectivity index (χ0n) is 24.2. The van der Waals surface area contributed by atoms with Crippen molar-refractivity contribution in [2.45, 2.75) is 96.1 Å². The van der Waals surface area contributed by atoms with Gasteiger partial charge in [-0.05, 0) is 87.2 Å². The Morgan fingerprint density at radius 2 is 1.85 bits per heavy atom. The maximum atomic E-state index is 17.7. The molecule has 6 fully saturated rings. The van der Waals surface area contributed by atoms with E-state index in [-0.39, 0.29) is 24.2 Å². The second kappa shape index (κ2) is 8.42. The number of carbonyl (C=O) groups excluding carboxylic acids is 3. The molecule has 0 amide bonds. The van der Waals surface area contributed by atoms with Crippen LogP contribution in [0.5, 0.6) is 0 Å². The van der Waals surface area contributed by atoms with Crippen molar-refractivity contribution >= 4 is 17.9 Å². The van der Waals surface area contributed by atoms with Crippen LogP contribution in [-0.2, 0) is 23.8 Å². The van der Waals surface area contributed by atoms with Crippen LogP contribution in [0.2, 0.25) is 0 Å². The van der Waals surface area contributed by atoms with Gasteiger partial charge in [0.1, 0.15) is 6.10 Å². The molecule has 7 aliphatic rings. The van der Waals surface area contributed by atoms with Gasteiger partial charge in [0.15, 0.2) is 11.5 Å². The molecule has 13 atom stereocenters. The number of aliphatic hydroxyl groups excluding tert-OH is 1. The maximum Gasteiger partial charge on any atom is 0.509 e. The highest BCUT2D eigenvalue weighted by atomic mass is 19.1. The van der Waals surface area contributed by atoms with Crippen LogP contribution in [0.3, 0.4) is 0 Å². The first-order valence-corrected chi connectivity index (χ1v) is 15.2. The van der Waals surface area contributed by atoms with Crippen molar-refractivity contribution in [3.63, 3.8) is 0 Å². The van der Waals surface area contributed by atoms with Gasteiger partial charge in [-0.1, -0.05) is 32.4 Å². The van der Waals surface area contributed by atoms with Crippen molar-refractivity contribution in [1.29, 1.82) is 0 Å². The van der Waals surface area contributed by atoms with Crippen LogP contribution >= 0.6 is 0 Å². The number of carbonyl (C=O) groups is 3. The number of fused-ring (bicyclic) bond motifs is 5. The second-order valence-electron chi connectivity index (χ2n) is 14.7. The van der Waals surface area contributed by atoms with E-state index in [4.69, 9.17) is 14.2 Å². The number of alkyl halides is 2. The molecule has 1 unspecified atom stereocenters. The van der Waals surface area contributed by atoms with Gasteiger partial charge < -0.3 is 19.3 Å². The molecular weight excluding hydrogens is 534 g/mol. The van der Waals surface area contributed by atoms with Gasteiger partial charge in [0.25, 0.3) is 0 Å². The Labute approximate surface area is 239 Å². The standard InChI is InChI=1S/C32H40F2O7/c1-16-9-23-22-10-17(2)32(26(37)39-15-33,41-27(38)40-24-11-18-13-30(18)8-6-20(24)30)29(22,4)14-25(36)31(23,34)28(3)7-5-19(35)12-21(16)28/h5,7,12,16-18,20,22-25,36H,6,8-11,13-15H2,1-4H3/t16-,17+,18+,20-,22-,23-,24-,25-,28-,29-,30?,31-,32-/m0/s1. The van der Waals surface area contributed by atoms with E-state index in [1.165, 1.54) is 18.6 Å². The lowest BCUT2D eigenvalue weighted by Crippen LogP contribution is -2.70. The molecule has 0 aromatic heterocycles. The van der Waals surface area contributed by atoms with E-state index < -0.39 is 64.9 Å². The number of hydrogen-bond donors (Lipinski definition) is 1. The fourth-order valence-corrected chi connectivity index (χ4v) is 11.3. The van der Waals surface area contributed by atoms with Crippen LogP contribution in [0.15, 0.2) is 23.8 Å². The van der Waals surface area contributed by atoms with E-state index >= 15 is 4.39 Å². The van der Waals surface area contributed by atoms with E-state index in [2.05, 4.69) is 0 Å². The molecule has 6 saturated carbocycles. The minimum absolute atomic E-state index is 0.157. The summed E-state index contributed by atoms with van der Waals surface area (Å²) in [5, 5.41) is 11.7. The number of allylic oxidation sites excluding steroid dienone is 4. The van der Waals surface area contributed by atoms with Gasteiger partial charge in [-0.15, -0.1) is 0 Å². The average molecular weight is 575 g/mol. The van der Waals surface area contributed by atoms with Gasteiger partial charge in [0.2, 0.25) is 12.5 Å². The highest BCUT2D eigenvalue weighted by Gasteiger charge is 2.79. The molecule has 1 N–H and O–H groups in total. The molecule has 0 saturated heterocycles. The minimum Gasteiger partial charge on any atom is -0.431 e. The van der Waals surface area contributed by atoms with Gasteiger partial charge in [-0.2, -0.15) is 0 Å². The van der Waals surface area contributed by atoms with Gasteiger partial charge in [-0.25, -0.2) is 18.4 Å². The fraction of sp³-hybridized carbons (Fsp3) is 0.781. The zero-order chi connectivity index (χ0) is 29.3. The Kier molecular flexibility index (Phi) is 5.65. The van der Waals surface area contributed by atoms with Crippen molar-refractivity contribution in [3.8, 4) is 0 Å². The molecule has 1 spiro atoms. The van der Waals surface area contributed by atoms with E-state index in [0.717, 1.165) is 19.3 Å². The topological polar surface area (TPSA) is 99.1 Å². The summed E-state index contributed by atoms with van der Waals surface area (Å²) in [4.78, 5) is 39.4. The van der Waals surface area contributed by atoms with Crippen LogP contribution < -0.4 is 0 Å². The summed E-state index contributed by atoms with van der Waals surface area (Å²) in [7, 11) is 0. The molecule has 0 aliphatic heterocycles. The largest absolute Gasteiger partial charge is 0.509 e. The lowest BCUT2D eigenvalue weighted by molar-refractivity contribution is -0.235. The molecule has 0 aromatic rings. The summed E-state index contributed by atoms with van der Waals surface area (Å²) in [6.07, 6.45) is 6.18. The second-order valence-corrected chi connectivity index (χ2v) is 14.7. The normalized spacial score (nSPS) is 53.9. The molecule has 7 nitrogen and oxygen atoms in total. The fourth-order valence-electron chi connectivity index (χ4n) is 11.3. The molecule has 7 aliphatic carbocycles. The molecule has 0 heterocycles. The molecule has 0 bridgehead atoms. The van der Waals surface area contributed by atoms with Crippen LogP contribution in [0.25, 0.3) is 0 Å². The van der Waals surface area contributed by atoms with Crippen LogP contribution in [0.1, 0.15) is 72.6 Å². The predicted molar refractivity (Wildman–Crippen MR) is 141 cm³/mol. The minimum atomic E-state index is -2.13. The summed E-state index contributed by atoms with van der Waals surface area (Å²) in [6, 6.07) is 0. The Hall–Kier alpha value is -2.29. The lowest BCUT2D eigenvalue weighted by Gasteiger charge is -2.63. The van der Waals surface area contributed by atoms with E-state index in [1.807, 2.05) is 6.92 Å². The third-order valence-electron chi connectivity index (χ3n) is 13.4. The van der Waals surface area contributed by atoms with Crippen LogP contribution in [0, 0.1) is 51.8 Å². The summed E-state index contributed by atoms with van der Waals surface area (Å²) in [5.74, 6) is -2.37. The van der Waals surface area contributed by atoms with Gasteiger partial charge >= 0.3 is 12.1 Å². The monoisotopic (exact) mass is 574 g/mol. The molecule has 7 rings (SSSR count). The quantitative estimate of drug-likeness (QED) is 0.449. The van der Waals surface area contributed by atoms with E-state index in [9.17, 15) is 23.9 Å². The number of rotatable bonds is 4. The summed E-state index contributed by atoms with van der Waals surface area (Å²) >= 11 is 0. The van der Waals surface area contributed by atoms with Crippen molar-refractivity contribution < 1.29 is 42.5 Å². The van der Waals surface area contributed by atoms with Crippen molar-refractivity contribution in [2.24, 2.45) is 51.8 Å². The SMILES string of the molecule is C[C@@H]1C[C@H]2[C@@H]3C[C@H](C)C4=CC(=O)C=C[C@]4(C)[C@@]3(F)[C@@H](O)C[C@]2(C)[C@@]1(OC(=O)O[C@H]1C[C@@H]2CC23CC[C@@H]13)C(=O)OCF. The zero-order valence-corrected chi connectivity index (χ0v) is 24.2. The smallest absolute Gasteiger partial charge is 0.431 e. The van der Waals surface area contributed by atoms with Gasteiger partial charge in [-0.3, -0.25) is 4.79 Å². The summed E-state index contributed by atoms with van der Waals surface area (Å²) < 4.78 is 48.0. The van der Waals surface area contributed by atoms with Crippen molar-refractivity contribution in [1.82, 2.24) is 0 Å². The van der Waals surface area contributed by atoms with Gasteiger partial charge in [0.05, 0.1) is 6.10 Å². The Balaban J connectivity index is 1.24. The van der Waals surface area contributed by atoms with Crippen molar-refractivity contribution in [3.05, 3.63) is 23.8 Å². The lowest BCUT2D eigenvalue weighted by atomic mass is 9.43. The highest BCUT2D eigenvalue weighted by Crippen LogP contribution is 2.77. The number of esters is 1. The third-order valence-corrected chi connectivity index (χ3v) is 13.4. The maximum absolute atomic E-state index is 17.7. The van der Waals surface area contributed by atoms with Crippen LogP contribution in [0.4, 0.5) is 13.6 Å². The number of ether oxygens (including phenoxy) is 3.